The van der Waals surface area contributed by atoms with Gasteiger partial charge in [0.2, 0.25) is 6.29 Å². The first-order valence-corrected chi connectivity index (χ1v) is 7.46. The maximum Gasteiger partial charge on any atom is 0.340 e. The Morgan fingerprint density at radius 3 is 2.73 bits per heavy atom. The molecule has 1 aromatic rings. The van der Waals surface area contributed by atoms with E-state index in [4.69, 9.17) is 9.47 Å². The number of rotatable bonds is 4. The molecule has 0 radical (unpaired) electrons. The van der Waals surface area contributed by atoms with Gasteiger partial charge in [0.15, 0.2) is 0 Å². The number of hydrogen-bond donors (Lipinski definition) is 1. The van der Waals surface area contributed by atoms with Gasteiger partial charge in [-0.3, -0.25) is 0 Å². The Bertz CT molecular complexity index is 588. The maximum atomic E-state index is 12.4. The number of ether oxygens (including phenoxy) is 2. The van der Waals surface area contributed by atoms with Gasteiger partial charge in [0.1, 0.15) is 6.61 Å². The fraction of sp³-hybridized carbons (Fsp3) is 0.353. The van der Waals surface area contributed by atoms with E-state index in [0.717, 1.165) is 31.5 Å². The van der Waals surface area contributed by atoms with Gasteiger partial charge < -0.3 is 19.5 Å². The highest BCUT2D eigenvalue weighted by Crippen LogP contribution is 2.26. The van der Waals surface area contributed by atoms with Crippen molar-refractivity contribution in [3.8, 4) is 0 Å². The van der Waals surface area contributed by atoms with E-state index < -0.39 is 12.3 Å². The summed E-state index contributed by atoms with van der Waals surface area (Å²) in [4.78, 5) is 14.4. The summed E-state index contributed by atoms with van der Waals surface area (Å²) in [6.45, 7) is 1.85. The van der Waals surface area contributed by atoms with Gasteiger partial charge in [-0.25, -0.2) is 4.79 Å². The molecule has 1 N–H and O–H groups in total. The zero-order valence-corrected chi connectivity index (χ0v) is 12.3. The summed E-state index contributed by atoms with van der Waals surface area (Å²) in [6.07, 6.45) is 3.89. The molecular weight excluding hydrogens is 282 g/mol. The van der Waals surface area contributed by atoms with E-state index in [0.29, 0.717) is 11.3 Å². The molecule has 0 unspecified atom stereocenters. The first kappa shape index (κ1) is 14.7. The fourth-order valence-electron chi connectivity index (χ4n) is 2.72. The van der Waals surface area contributed by atoms with Crippen LogP contribution in [0.1, 0.15) is 18.4 Å². The van der Waals surface area contributed by atoms with Crippen molar-refractivity contribution in [1.82, 2.24) is 4.90 Å². The van der Waals surface area contributed by atoms with Gasteiger partial charge in [-0.15, -0.1) is 0 Å². The average molecular weight is 301 g/mol. The highest BCUT2D eigenvalue weighted by molar-refractivity contribution is 5.92. The van der Waals surface area contributed by atoms with Crippen LogP contribution < -0.4 is 0 Å². The molecule has 0 aromatic heterocycles. The quantitative estimate of drug-likeness (QED) is 0.861. The third-order valence-electron chi connectivity index (χ3n) is 3.83. The summed E-state index contributed by atoms with van der Waals surface area (Å²) < 4.78 is 10.5. The average Bonchev–Trinajstić information content (AvgIpc) is 3.07. The van der Waals surface area contributed by atoms with Crippen LogP contribution in [-0.2, 0) is 20.9 Å². The van der Waals surface area contributed by atoms with E-state index in [9.17, 15) is 9.90 Å². The van der Waals surface area contributed by atoms with Crippen LogP contribution in [-0.4, -0.2) is 35.4 Å². The molecule has 3 rings (SSSR count). The third-order valence-corrected chi connectivity index (χ3v) is 3.83. The second kappa shape index (κ2) is 6.66. The van der Waals surface area contributed by atoms with E-state index in [1.807, 2.05) is 35.2 Å². The topological polar surface area (TPSA) is 59.0 Å². The van der Waals surface area contributed by atoms with E-state index in [1.54, 1.807) is 6.08 Å². The molecule has 0 amide bonds. The van der Waals surface area contributed by atoms with Crippen LogP contribution in [0.5, 0.6) is 0 Å². The summed E-state index contributed by atoms with van der Waals surface area (Å²) >= 11 is 0. The largest absolute Gasteiger partial charge is 0.467 e. The molecule has 0 spiro atoms. The molecule has 1 atom stereocenters. The molecule has 1 fully saturated rings. The van der Waals surface area contributed by atoms with Gasteiger partial charge in [-0.1, -0.05) is 30.3 Å². The first-order chi connectivity index (χ1) is 10.8. The Morgan fingerprint density at radius 1 is 1.27 bits per heavy atom. The molecule has 5 heteroatoms. The predicted octanol–water partition coefficient (Wildman–Crippen LogP) is 1.94. The normalized spacial score (nSPS) is 21.0. The maximum absolute atomic E-state index is 12.4. The van der Waals surface area contributed by atoms with Crippen LogP contribution >= 0.6 is 0 Å². The van der Waals surface area contributed by atoms with Crippen LogP contribution in [0.2, 0.25) is 0 Å². The Hall–Kier alpha value is -2.27. The lowest BCUT2D eigenvalue weighted by Gasteiger charge is -2.29. The van der Waals surface area contributed by atoms with Gasteiger partial charge in [-0.2, -0.15) is 0 Å². The van der Waals surface area contributed by atoms with Gasteiger partial charge in [0.05, 0.1) is 17.5 Å². The molecule has 0 bridgehead atoms. The molecule has 5 nitrogen and oxygen atoms in total. The van der Waals surface area contributed by atoms with E-state index in [-0.39, 0.29) is 6.61 Å². The molecule has 2 aliphatic rings. The van der Waals surface area contributed by atoms with Crippen LogP contribution in [0.15, 0.2) is 53.9 Å². The molecular formula is C17H19NO4. The summed E-state index contributed by atoms with van der Waals surface area (Å²) in [7, 11) is 0. The number of aliphatic hydroxyl groups is 1. The highest BCUT2D eigenvalue weighted by atomic mass is 16.6. The zero-order chi connectivity index (χ0) is 15.4. The number of carbonyl (C=O) groups excluding carboxylic acids is 1. The van der Waals surface area contributed by atoms with E-state index in [1.165, 1.54) is 6.26 Å². The smallest absolute Gasteiger partial charge is 0.340 e. The monoisotopic (exact) mass is 301 g/mol. The summed E-state index contributed by atoms with van der Waals surface area (Å²) in [6, 6.07) is 9.51. The van der Waals surface area contributed by atoms with Crippen LogP contribution in [0, 0.1) is 0 Å². The lowest BCUT2D eigenvalue weighted by molar-refractivity contribution is -0.140. The zero-order valence-electron chi connectivity index (χ0n) is 12.3. The molecule has 0 aliphatic carbocycles. The Morgan fingerprint density at radius 2 is 2.00 bits per heavy atom. The Kier molecular flexibility index (Phi) is 4.44. The number of carbonyl (C=O) groups is 1. The van der Waals surface area contributed by atoms with Gasteiger partial charge in [0, 0.05) is 13.1 Å². The predicted molar refractivity (Wildman–Crippen MR) is 80.3 cm³/mol. The van der Waals surface area contributed by atoms with Crippen molar-refractivity contribution in [2.45, 2.75) is 25.7 Å². The molecule has 1 saturated heterocycles. The number of hydrogen-bond acceptors (Lipinski definition) is 5. The van der Waals surface area contributed by atoms with Crippen molar-refractivity contribution >= 4 is 5.97 Å². The highest BCUT2D eigenvalue weighted by Gasteiger charge is 2.30. The molecule has 22 heavy (non-hydrogen) atoms. The van der Waals surface area contributed by atoms with Crippen molar-refractivity contribution in [3.63, 3.8) is 0 Å². The molecule has 0 saturated carbocycles. The van der Waals surface area contributed by atoms with E-state index in [2.05, 4.69) is 0 Å². The minimum Gasteiger partial charge on any atom is -0.467 e. The molecule has 1 aromatic carbocycles. The van der Waals surface area contributed by atoms with Crippen molar-refractivity contribution in [2.75, 3.05) is 13.1 Å². The minimum absolute atomic E-state index is 0.210. The second-order valence-electron chi connectivity index (χ2n) is 5.35. The number of esters is 1. The van der Waals surface area contributed by atoms with Crippen LogP contribution in [0.25, 0.3) is 0 Å². The SMILES string of the molecule is O=C(OCc1ccccc1)C1=C(N2CCCC2)[C@H](O)OC=C1. The fourth-order valence-corrected chi connectivity index (χ4v) is 2.72. The Labute approximate surface area is 129 Å². The number of aliphatic hydroxyl groups excluding tert-OH is 1. The van der Waals surface area contributed by atoms with E-state index >= 15 is 0 Å². The standard InChI is InChI=1S/C17H19NO4/c19-16(22-12-13-6-2-1-3-7-13)14-8-11-21-17(20)15(14)18-9-4-5-10-18/h1-3,6-8,11,17,20H,4-5,9-10,12H2/t17-/m1/s1. The summed E-state index contributed by atoms with van der Waals surface area (Å²) in [5.74, 6) is -0.440. The second-order valence-corrected chi connectivity index (χ2v) is 5.35. The lowest BCUT2D eigenvalue weighted by Crippen LogP contribution is -2.33. The van der Waals surface area contributed by atoms with Crippen molar-refractivity contribution < 1.29 is 19.4 Å². The number of benzene rings is 1. The van der Waals surface area contributed by atoms with Crippen molar-refractivity contribution in [3.05, 3.63) is 59.5 Å². The van der Waals surface area contributed by atoms with Gasteiger partial charge in [-0.05, 0) is 24.5 Å². The van der Waals surface area contributed by atoms with Crippen LogP contribution in [0.4, 0.5) is 0 Å². The van der Waals surface area contributed by atoms with Crippen molar-refractivity contribution in [2.24, 2.45) is 0 Å². The number of likely N-dealkylation sites (tertiary alicyclic amines) is 1. The lowest BCUT2D eigenvalue weighted by atomic mass is 10.1. The summed E-state index contributed by atoms with van der Waals surface area (Å²) in [5.41, 5.74) is 1.81. The number of nitrogens with zero attached hydrogens (tertiary/aromatic N) is 1. The van der Waals surface area contributed by atoms with Gasteiger partial charge >= 0.3 is 5.97 Å². The molecule has 2 heterocycles. The minimum atomic E-state index is -1.11. The Balaban J connectivity index is 1.75. The van der Waals surface area contributed by atoms with Crippen LogP contribution in [0.3, 0.4) is 0 Å². The van der Waals surface area contributed by atoms with Crippen molar-refractivity contribution in [1.29, 1.82) is 0 Å². The third kappa shape index (κ3) is 3.14. The molecule has 2 aliphatic heterocycles. The first-order valence-electron chi connectivity index (χ1n) is 7.46. The van der Waals surface area contributed by atoms with Gasteiger partial charge in [0.25, 0.3) is 0 Å². The molecule has 116 valence electrons. The summed E-state index contributed by atoms with van der Waals surface area (Å²) in [5, 5.41) is 10.1.